The minimum atomic E-state index is 0.683. The van der Waals surface area contributed by atoms with Crippen molar-refractivity contribution in [3.8, 4) is 5.75 Å². The Kier molecular flexibility index (Phi) is 2.21. The first-order chi connectivity index (χ1) is 9.43. The second kappa shape index (κ2) is 4.02. The number of hydrogen-bond acceptors (Lipinski definition) is 3. The van der Waals surface area contributed by atoms with Crippen molar-refractivity contribution in [1.82, 2.24) is 9.38 Å². The number of ether oxygens (including phenoxy) is 1. The molecule has 0 atom stereocenters. The van der Waals surface area contributed by atoms with E-state index in [-0.39, 0.29) is 0 Å². The molecule has 0 unspecified atom stereocenters. The largest absolute Gasteiger partial charge is 0.488 e. The Morgan fingerprint density at radius 3 is 3.05 bits per heavy atom. The van der Waals surface area contributed by atoms with E-state index in [4.69, 9.17) is 4.74 Å². The zero-order chi connectivity index (χ0) is 12.7. The summed E-state index contributed by atoms with van der Waals surface area (Å²) in [6.07, 6.45) is 5.93. The van der Waals surface area contributed by atoms with Gasteiger partial charge in [0, 0.05) is 18.6 Å². The Balaban J connectivity index is 1.90. The summed E-state index contributed by atoms with van der Waals surface area (Å²) in [5.74, 6) is 1.75. The van der Waals surface area contributed by atoms with E-state index < -0.39 is 0 Å². The second-order valence-corrected chi connectivity index (χ2v) is 4.52. The summed E-state index contributed by atoms with van der Waals surface area (Å²) in [5, 5.41) is 0. The highest BCUT2D eigenvalue weighted by Gasteiger charge is 2.22. The van der Waals surface area contributed by atoms with Crippen LogP contribution in [-0.4, -0.2) is 22.5 Å². The van der Waals surface area contributed by atoms with Crippen LogP contribution in [0.2, 0.25) is 0 Å². The van der Waals surface area contributed by atoms with Gasteiger partial charge >= 0.3 is 0 Å². The van der Waals surface area contributed by atoms with Crippen molar-refractivity contribution in [2.45, 2.75) is 0 Å². The molecular weight excluding hydrogens is 238 g/mol. The van der Waals surface area contributed by atoms with Gasteiger partial charge in [-0.1, -0.05) is 6.07 Å². The van der Waals surface area contributed by atoms with Gasteiger partial charge in [-0.25, -0.2) is 4.98 Å². The fourth-order valence-corrected chi connectivity index (χ4v) is 2.55. The van der Waals surface area contributed by atoms with Crippen LogP contribution in [0.25, 0.3) is 5.52 Å². The summed E-state index contributed by atoms with van der Waals surface area (Å²) >= 11 is 0. The van der Waals surface area contributed by atoms with Gasteiger partial charge in [0.1, 0.15) is 6.61 Å². The molecule has 0 bridgehead atoms. The van der Waals surface area contributed by atoms with Crippen LogP contribution in [0.1, 0.15) is 0 Å². The van der Waals surface area contributed by atoms with Crippen LogP contribution < -0.4 is 9.64 Å². The number of hydrogen-bond donors (Lipinski definition) is 0. The van der Waals surface area contributed by atoms with Crippen molar-refractivity contribution < 1.29 is 4.74 Å². The average molecular weight is 251 g/mol. The van der Waals surface area contributed by atoms with Crippen molar-refractivity contribution in [2.24, 2.45) is 0 Å². The minimum absolute atomic E-state index is 0.683. The van der Waals surface area contributed by atoms with Crippen LogP contribution in [0.15, 0.2) is 55.0 Å². The van der Waals surface area contributed by atoms with E-state index in [9.17, 15) is 0 Å². The van der Waals surface area contributed by atoms with Crippen LogP contribution in [0.4, 0.5) is 11.5 Å². The second-order valence-electron chi connectivity index (χ2n) is 4.52. The third kappa shape index (κ3) is 1.57. The molecule has 0 amide bonds. The lowest BCUT2D eigenvalue weighted by atomic mass is 10.2. The van der Waals surface area contributed by atoms with Gasteiger partial charge in [0.05, 0.1) is 17.7 Å². The van der Waals surface area contributed by atoms with E-state index in [0.29, 0.717) is 6.61 Å². The van der Waals surface area contributed by atoms with Gasteiger partial charge in [0.25, 0.3) is 0 Å². The molecule has 3 aromatic rings. The van der Waals surface area contributed by atoms with Crippen molar-refractivity contribution in [3.63, 3.8) is 0 Å². The Morgan fingerprint density at radius 2 is 2.05 bits per heavy atom. The highest BCUT2D eigenvalue weighted by molar-refractivity contribution is 5.80. The summed E-state index contributed by atoms with van der Waals surface area (Å²) in [4.78, 5) is 6.67. The van der Waals surface area contributed by atoms with Gasteiger partial charge in [-0.05, 0) is 30.3 Å². The Labute approximate surface area is 110 Å². The van der Waals surface area contributed by atoms with Crippen molar-refractivity contribution in [2.75, 3.05) is 18.1 Å². The number of aromatic nitrogens is 2. The molecule has 1 aliphatic rings. The molecule has 0 saturated heterocycles. The molecule has 4 rings (SSSR count). The molecule has 0 saturated carbocycles. The molecule has 0 radical (unpaired) electrons. The van der Waals surface area contributed by atoms with Gasteiger partial charge in [-0.3, -0.25) is 0 Å². The number of nitrogens with zero attached hydrogens (tertiary/aromatic N) is 3. The smallest absolute Gasteiger partial charge is 0.176 e. The monoisotopic (exact) mass is 251 g/mol. The first-order valence-electron chi connectivity index (χ1n) is 6.34. The first-order valence-corrected chi connectivity index (χ1v) is 6.34. The van der Waals surface area contributed by atoms with E-state index in [1.807, 2.05) is 18.2 Å². The molecule has 0 fully saturated rings. The van der Waals surface area contributed by atoms with E-state index >= 15 is 0 Å². The normalized spacial score (nSPS) is 14.2. The molecule has 0 aromatic carbocycles. The third-order valence-corrected chi connectivity index (χ3v) is 3.42. The van der Waals surface area contributed by atoms with Gasteiger partial charge < -0.3 is 14.0 Å². The maximum atomic E-state index is 5.65. The fourth-order valence-electron chi connectivity index (χ4n) is 2.55. The van der Waals surface area contributed by atoms with Crippen LogP contribution in [-0.2, 0) is 0 Å². The van der Waals surface area contributed by atoms with E-state index in [1.165, 1.54) is 11.2 Å². The number of anilines is 2. The summed E-state index contributed by atoms with van der Waals surface area (Å²) in [7, 11) is 0. The van der Waals surface area contributed by atoms with Crippen molar-refractivity contribution in [3.05, 3.63) is 55.0 Å². The zero-order valence-corrected chi connectivity index (χ0v) is 10.4. The molecule has 4 nitrogen and oxygen atoms in total. The molecular formula is C15H13N3O. The highest BCUT2D eigenvalue weighted by Crippen LogP contribution is 2.36. The predicted octanol–water partition coefficient (Wildman–Crippen LogP) is 2.86. The SMILES string of the molecule is c1cnc2c(c1)OCCN2c1ccn2ccccc12. The number of fused-ring (bicyclic) bond motifs is 2. The van der Waals surface area contributed by atoms with Crippen LogP contribution >= 0.6 is 0 Å². The van der Waals surface area contributed by atoms with E-state index in [1.54, 1.807) is 6.20 Å². The van der Waals surface area contributed by atoms with Crippen molar-refractivity contribution >= 4 is 17.0 Å². The maximum Gasteiger partial charge on any atom is 0.176 e. The van der Waals surface area contributed by atoms with Gasteiger partial charge in [-0.2, -0.15) is 0 Å². The average Bonchev–Trinajstić information content (AvgIpc) is 2.90. The van der Waals surface area contributed by atoms with Gasteiger partial charge in [0.2, 0.25) is 0 Å². The summed E-state index contributed by atoms with van der Waals surface area (Å²) in [6.45, 7) is 1.50. The Bertz CT molecular complexity index is 735. The fraction of sp³-hybridized carbons (Fsp3) is 0.133. The number of rotatable bonds is 1. The summed E-state index contributed by atoms with van der Waals surface area (Å²) in [5.41, 5.74) is 2.35. The zero-order valence-electron chi connectivity index (χ0n) is 10.4. The van der Waals surface area contributed by atoms with Crippen LogP contribution in [0.5, 0.6) is 5.75 Å². The van der Waals surface area contributed by atoms with E-state index in [0.717, 1.165) is 18.1 Å². The first kappa shape index (κ1) is 10.4. The van der Waals surface area contributed by atoms with Crippen LogP contribution in [0.3, 0.4) is 0 Å². The topological polar surface area (TPSA) is 29.8 Å². The number of pyridine rings is 2. The molecule has 0 aliphatic carbocycles. The lowest BCUT2D eigenvalue weighted by Crippen LogP contribution is -2.29. The third-order valence-electron chi connectivity index (χ3n) is 3.42. The highest BCUT2D eigenvalue weighted by atomic mass is 16.5. The lowest BCUT2D eigenvalue weighted by Gasteiger charge is -2.29. The van der Waals surface area contributed by atoms with Gasteiger partial charge in [-0.15, -0.1) is 0 Å². The molecule has 3 aromatic heterocycles. The van der Waals surface area contributed by atoms with Gasteiger partial charge in [0.15, 0.2) is 11.6 Å². The molecule has 4 heterocycles. The Morgan fingerprint density at radius 1 is 1.05 bits per heavy atom. The molecule has 0 N–H and O–H groups in total. The van der Waals surface area contributed by atoms with E-state index in [2.05, 4.69) is 44.9 Å². The molecule has 1 aliphatic heterocycles. The molecule has 94 valence electrons. The molecule has 19 heavy (non-hydrogen) atoms. The summed E-state index contributed by atoms with van der Waals surface area (Å²) in [6, 6.07) is 12.2. The summed E-state index contributed by atoms with van der Waals surface area (Å²) < 4.78 is 7.77. The lowest BCUT2D eigenvalue weighted by molar-refractivity contribution is 0.312. The van der Waals surface area contributed by atoms with Crippen molar-refractivity contribution in [1.29, 1.82) is 0 Å². The van der Waals surface area contributed by atoms with Crippen LogP contribution in [0, 0.1) is 0 Å². The maximum absolute atomic E-state index is 5.65. The minimum Gasteiger partial charge on any atom is -0.488 e. The standard InChI is InChI=1S/C15H13N3O/c1-2-8-17-9-6-13(12(17)4-1)18-10-11-19-14-5-3-7-16-15(14)18/h1-9H,10-11H2. The predicted molar refractivity (Wildman–Crippen MR) is 74.1 cm³/mol. The Hall–Kier alpha value is -2.49. The molecule has 0 spiro atoms. The quantitative estimate of drug-likeness (QED) is 0.666. The molecule has 4 heteroatoms.